The molecule has 0 bridgehead atoms. The summed E-state index contributed by atoms with van der Waals surface area (Å²) in [4.78, 5) is 31.5. The van der Waals surface area contributed by atoms with Gasteiger partial charge in [-0.15, -0.1) is 0 Å². The Morgan fingerprint density at radius 2 is 1.77 bits per heavy atom. The maximum atomic E-state index is 12.9. The van der Waals surface area contributed by atoms with Crippen LogP contribution in [0.5, 0.6) is 0 Å². The van der Waals surface area contributed by atoms with E-state index in [0.717, 1.165) is 12.0 Å². The van der Waals surface area contributed by atoms with Crippen molar-refractivity contribution in [3.8, 4) is 0 Å². The van der Waals surface area contributed by atoms with Crippen molar-refractivity contribution in [2.45, 2.75) is 32.2 Å². The SMILES string of the molecule is Cc1ccc(C(=O)N2CCC(C(=O)N[C@@H]3COC[C@H]3Cc3ccncc3)CC2)cc1. The first-order chi connectivity index (χ1) is 14.6. The summed E-state index contributed by atoms with van der Waals surface area (Å²) in [5.41, 5.74) is 3.06. The Bertz CT molecular complexity index is 861. The van der Waals surface area contributed by atoms with Gasteiger partial charge in [0.1, 0.15) is 0 Å². The van der Waals surface area contributed by atoms with Gasteiger partial charge in [0.25, 0.3) is 5.91 Å². The van der Waals surface area contributed by atoms with Gasteiger partial charge in [0, 0.05) is 42.9 Å². The normalized spacial score (nSPS) is 22.1. The Balaban J connectivity index is 1.28. The number of hydrogen-bond donors (Lipinski definition) is 1. The molecule has 0 spiro atoms. The molecule has 2 fully saturated rings. The van der Waals surface area contributed by atoms with Crippen molar-refractivity contribution in [2.75, 3.05) is 26.3 Å². The fourth-order valence-corrected chi connectivity index (χ4v) is 4.30. The van der Waals surface area contributed by atoms with Crippen LogP contribution in [-0.4, -0.2) is 54.0 Å². The van der Waals surface area contributed by atoms with E-state index >= 15 is 0 Å². The van der Waals surface area contributed by atoms with Crippen LogP contribution < -0.4 is 5.32 Å². The lowest BCUT2D eigenvalue weighted by Gasteiger charge is -2.32. The van der Waals surface area contributed by atoms with Gasteiger partial charge in [0.2, 0.25) is 5.91 Å². The van der Waals surface area contributed by atoms with Gasteiger partial charge < -0.3 is 15.0 Å². The van der Waals surface area contributed by atoms with Crippen molar-refractivity contribution in [2.24, 2.45) is 11.8 Å². The van der Waals surface area contributed by atoms with E-state index in [1.807, 2.05) is 48.2 Å². The first kappa shape index (κ1) is 20.5. The molecular weight excluding hydrogens is 378 g/mol. The maximum absolute atomic E-state index is 12.9. The molecule has 2 saturated heterocycles. The molecule has 2 aliphatic rings. The molecule has 6 nitrogen and oxygen atoms in total. The molecule has 2 aliphatic heterocycles. The third-order valence-electron chi connectivity index (χ3n) is 6.22. The molecule has 30 heavy (non-hydrogen) atoms. The van der Waals surface area contributed by atoms with Crippen molar-refractivity contribution in [3.63, 3.8) is 0 Å². The molecule has 2 amide bonds. The number of pyridine rings is 1. The van der Waals surface area contributed by atoms with Gasteiger partial charge in [-0.3, -0.25) is 14.6 Å². The highest BCUT2D eigenvalue weighted by molar-refractivity contribution is 5.94. The third kappa shape index (κ3) is 4.87. The second-order valence-corrected chi connectivity index (χ2v) is 8.40. The molecule has 158 valence electrons. The summed E-state index contributed by atoms with van der Waals surface area (Å²) in [5.74, 6) is 0.372. The summed E-state index contributed by atoms with van der Waals surface area (Å²) in [5, 5.41) is 3.22. The van der Waals surface area contributed by atoms with E-state index < -0.39 is 0 Å². The number of amides is 2. The molecule has 3 heterocycles. The summed E-state index contributed by atoms with van der Waals surface area (Å²) in [6, 6.07) is 11.7. The van der Waals surface area contributed by atoms with Gasteiger partial charge in [-0.25, -0.2) is 0 Å². The number of carbonyl (C=O) groups excluding carboxylic acids is 2. The molecule has 0 unspecified atom stereocenters. The van der Waals surface area contributed by atoms with Crippen molar-refractivity contribution in [3.05, 3.63) is 65.5 Å². The molecule has 0 aliphatic carbocycles. The summed E-state index contributed by atoms with van der Waals surface area (Å²) in [7, 11) is 0. The number of aromatic nitrogens is 1. The predicted molar refractivity (Wildman–Crippen MR) is 114 cm³/mol. The lowest BCUT2D eigenvalue weighted by Crippen LogP contribution is -2.47. The smallest absolute Gasteiger partial charge is 0.253 e. The molecule has 2 atom stereocenters. The first-order valence-electron chi connectivity index (χ1n) is 10.7. The Hall–Kier alpha value is -2.73. The van der Waals surface area contributed by atoms with Crippen molar-refractivity contribution < 1.29 is 14.3 Å². The Morgan fingerprint density at radius 3 is 2.47 bits per heavy atom. The number of ether oxygens (including phenoxy) is 1. The Labute approximate surface area is 177 Å². The Kier molecular flexibility index (Phi) is 6.43. The van der Waals surface area contributed by atoms with Gasteiger partial charge in [0.15, 0.2) is 0 Å². The minimum Gasteiger partial charge on any atom is -0.379 e. The monoisotopic (exact) mass is 407 g/mol. The van der Waals surface area contributed by atoms with Crippen LogP contribution in [0.15, 0.2) is 48.8 Å². The zero-order valence-electron chi connectivity index (χ0n) is 17.4. The van der Waals surface area contributed by atoms with Crippen molar-refractivity contribution in [1.29, 1.82) is 0 Å². The van der Waals surface area contributed by atoms with E-state index in [2.05, 4.69) is 10.3 Å². The summed E-state index contributed by atoms with van der Waals surface area (Å²) >= 11 is 0. The molecule has 0 radical (unpaired) electrons. The van der Waals surface area contributed by atoms with E-state index in [0.29, 0.717) is 44.7 Å². The lowest BCUT2D eigenvalue weighted by atomic mass is 9.92. The van der Waals surface area contributed by atoms with E-state index in [1.165, 1.54) is 5.56 Å². The standard InChI is InChI=1S/C24H29N3O3/c1-17-2-4-20(5-3-17)24(29)27-12-8-19(9-13-27)23(28)26-22-16-30-15-21(22)14-18-6-10-25-11-7-18/h2-7,10-11,19,21-22H,8-9,12-16H2,1H3,(H,26,28)/t21-,22-/m1/s1. The molecular formula is C24H29N3O3. The van der Waals surface area contributed by atoms with E-state index in [9.17, 15) is 9.59 Å². The van der Waals surface area contributed by atoms with Crippen molar-refractivity contribution in [1.82, 2.24) is 15.2 Å². The van der Waals surface area contributed by atoms with Crippen LogP contribution in [0, 0.1) is 18.8 Å². The van der Waals surface area contributed by atoms with Crippen LogP contribution in [0.1, 0.15) is 34.3 Å². The number of piperidine rings is 1. The number of nitrogens with one attached hydrogen (secondary N) is 1. The summed E-state index contributed by atoms with van der Waals surface area (Å²) < 4.78 is 5.65. The second-order valence-electron chi connectivity index (χ2n) is 8.40. The van der Waals surface area contributed by atoms with E-state index in [4.69, 9.17) is 4.74 Å². The minimum atomic E-state index is -0.0470. The molecule has 4 rings (SSSR count). The number of likely N-dealkylation sites (tertiary alicyclic amines) is 1. The van der Waals surface area contributed by atoms with Gasteiger partial charge in [-0.05, 0) is 56.0 Å². The van der Waals surface area contributed by atoms with Crippen molar-refractivity contribution >= 4 is 11.8 Å². The zero-order valence-corrected chi connectivity index (χ0v) is 17.4. The number of aryl methyl sites for hydroxylation is 1. The minimum absolute atomic E-state index is 0.0397. The second kappa shape index (κ2) is 9.39. The van der Waals surface area contributed by atoms with Gasteiger partial charge in [-0.1, -0.05) is 17.7 Å². The number of hydrogen-bond acceptors (Lipinski definition) is 4. The highest BCUT2D eigenvalue weighted by Gasteiger charge is 2.33. The van der Waals surface area contributed by atoms with Crippen LogP contribution in [0.25, 0.3) is 0 Å². The topological polar surface area (TPSA) is 71.5 Å². The quantitative estimate of drug-likeness (QED) is 0.827. The van der Waals surface area contributed by atoms with Crippen LogP contribution in [0.2, 0.25) is 0 Å². The first-order valence-corrected chi connectivity index (χ1v) is 10.7. The molecule has 2 aromatic rings. The number of rotatable bonds is 5. The molecule has 1 aromatic carbocycles. The lowest BCUT2D eigenvalue weighted by molar-refractivity contribution is -0.127. The molecule has 6 heteroatoms. The predicted octanol–water partition coefficient (Wildman–Crippen LogP) is 2.62. The van der Waals surface area contributed by atoms with Gasteiger partial charge in [-0.2, -0.15) is 0 Å². The maximum Gasteiger partial charge on any atom is 0.253 e. The number of benzene rings is 1. The third-order valence-corrected chi connectivity index (χ3v) is 6.22. The highest BCUT2D eigenvalue weighted by atomic mass is 16.5. The highest BCUT2D eigenvalue weighted by Crippen LogP contribution is 2.23. The average molecular weight is 408 g/mol. The van der Waals surface area contributed by atoms with E-state index in [1.54, 1.807) is 12.4 Å². The fraction of sp³-hybridized carbons (Fsp3) is 0.458. The number of carbonyl (C=O) groups is 2. The molecule has 0 saturated carbocycles. The molecule has 1 aromatic heterocycles. The van der Waals surface area contributed by atoms with E-state index in [-0.39, 0.29) is 29.7 Å². The van der Waals surface area contributed by atoms with Crippen LogP contribution >= 0.6 is 0 Å². The fourth-order valence-electron chi connectivity index (χ4n) is 4.30. The van der Waals surface area contributed by atoms with Crippen LogP contribution in [0.3, 0.4) is 0 Å². The van der Waals surface area contributed by atoms with Gasteiger partial charge in [0.05, 0.1) is 19.3 Å². The zero-order chi connectivity index (χ0) is 20.9. The molecule has 1 N–H and O–H groups in total. The summed E-state index contributed by atoms with van der Waals surface area (Å²) in [6.07, 6.45) is 5.86. The Morgan fingerprint density at radius 1 is 1.07 bits per heavy atom. The van der Waals surface area contributed by atoms with Gasteiger partial charge >= 0.3 is 0 Å². The number of nitrogens with zero attached hydrogens (tertiary/aromatic N) is 2. The largest absolute Gasteiger partial charge is 0.379 e. The van der Waals surface area contributed by atoms with Crippen LogP contribution in [-0.2, 0) is 16.0 Å². The van der Waals surface area contributed by atoms with Crippen LogP contribution in [0.4, 0.5) is 0 Å². The summed E-state index contributed by atoms with van der Waals surface area (Å²) in [6.45, 7) is 4.47. The average Bonchev–Trinajstić information content (AvgIpc) is 3.21.